The molecule has 4 heteroatoms. The van der Waals surface area contributed by atoms with Gasteiger partial charge in [-0.3, -0.25) is 4.79 Å². The van der Waals surface area contributed by atoms with Gasteiger partial charge < -0.3 is 9.32 Å². The third-order valence-corrected chi connectivity index (χ3v) is 2.44. The smallest absolute Gasteiger partial charge is 0.289 e. The van der Waals surface area contributed by atoms with E-state index in [2.05, 4.69) is 0 Å². The quantitative estimate of drug-likeness (QED) is 0.688. The summed E-state index contributed by atoms with van der Waals surface area (Å²) in [7, 11) is 0. The number of furan rings is 1. The van der Waals surface area contributed by atoms with Crippen molar-refractivity contribution >= 4 is 5.91 Å². The summed E-state index contributed by atoms with van der Waals surface area (Å²) in [4.78, 5) is 13.3. The second kappa shape index (κ2) is 3.82. The van der Waals surface area contributed by atoms with Crippen LogP contribution < -0.4 is 0 Å². The summed E-state index contributed by atoms with van der Waals surface area (Å²) in [5.41, 5.74) is 0. The standard InChI is InChI=1S/C10H12FNO2/c11-8-3-5-12(6-4-8)10(13)9-2-1-7-14-9/h1-2,7-8H,3-6H2. The van der Waals surface area contributed by atoms with E-state index in [0.717, 1.165) is 0 Å². The molecule has 0 radical (unpaired) electrons. The first kappa shape index (κ1) is 9.24. The lowest BCUT2D eigenvalue weighted by molar-refractivity contribution is 0.0635. The second-order valence-electron chi connectivity index (χ2n) is 3.44. The van der Waals surface area contributed by atoms with Crippen molar-refractivity contribution in [2.24, 2.45) is 0 Å². The molecule has 3 nitrogen and oxygen atoms in total. The fourth-order valence-electron chi connectivity index (χ4n) is 1.61. The van der Waals surface area contributed by atoms with E-state index in [9.17, 15) is 9.18 Å². The SMILES string of the molecule is O=C(c1ccco1)N1CCC(F)CC1. The Morgan fingerprint density at radius 3 is 2.79 bits per heavy atom. The number of carbonyl (C=O) groups is 1. The minimum atomic E-state index is -0.754. The molecule has 1 aliphatic heterocycles. The topological polar surface area (TPSA) is 33.5 Å². The van der Waals surface area contributed by atoms with Crippen LogP contribution >= 0.6 is 0 Å². The Balaban J connectivity index is 1.99. The largest absolute Gasteiger partial charge is 0.459 e. The molecule has 0 atom stereocenters. The lowest BCUT2D eigenvalue weighted by Crippen LogP contribution is -2.38. The van der Waals surface area contributed by atoms with Crippen molar-refractivity contribution < 1.29 is 13.6 Å². The van der Waals surface area contributed by atoms with Crippen LogP contribution in [0.1, 0.15) is 23.4 Å². The van der Waals surface area contributed by atoms with Crippen molar-refractivity contribution in [1.82, 2.24) is 4.90 Å². The average Bonchev–Trinajstić information content (AvgIpc) is 2.71. The molecule has 0 unspecified atom stereocenters. The van der Waals surface area contributed by atoms with Crippen molar-refractivity contribution in [3.05, 3.63) is 24.2 Å². The predicted octanol–water partition coefficient (Wildman–Crippen LogP) is 1.85. The first-order chi connectivity index (χ1) is 6.77. The van der Waals surface area contributed by atoms with Crippen molar-refractivity contribution in [2.75, 3.05) is 13.1 Å². The molecule has 1 aliphatic rings. The van der Waals surface area contributed by atoms with E-state index < -0.39 is 6.17 Å². The highest BCUT2D eigenvalue weighted by Gasteiger charge is 2.24. The molecule has 1 aromatic rings. The number of carbonyl (C=O) groups excluding carboxylic acids is 1. The van der Waals surface area contributed by atoms with Gasteiger partial charge in [-0.1, -0.05) is 0 Å². The van der Waals surface area contributed by atoms with Crippen molar-refractivity contribution in [2.45, 2.75) is 19.0 Å². The molecule has 1 aromatic heterocycles. The maximum atomic E-state index is 12.8. The molecule has 0 saturated carbocycles. The lowest BCUT2D eigenvalue weighted by atomic mass is 10.1. The molecule has 1 fully saturated rings. The number of halogens is 1. The third-order valence-electron chi connectivity index (χ3n) is 2.44. The molecular weight excluding hydrogens is 185 g/mol. The summed E-state index contributed by atoms with van der Waals surface area (Å²) >= 11 is 0. The molecule has 0 bridgehead atoms. The van der Waals surface area contributed by atoms with Crippen LogP contribution in [0, 0.1) is 0 Å². The van der Waals surface area contributed by atoms with Gasteiger partial charge in [-0.15, -0.1) is 0 Å². The van der Waals surface area contributed by atoms with Gasteiger partial charge in [0.05, 0.1) is 6.26 Å². The molecule has 0 aliphatic carbocycles. The van der Waals surface area contributed by atoms with Crippen LogP contribution in [-0.4, -0.2) is 30.1 Å². The predicted molar refractivity (Wildman–Crippen MR) is 48.7 cm³/mol. The Kier molecular flexibility index (Phi) is 2.52. The van der Waals surface area contributed by atoms with Gasteiger partial charge in [-0.2, -0.15) is 0 Å². The Bertz CT molecular complexity index is 302. The van der Waals surface area contributed by atoms with E-state index in [1.807, 2.05) is 0 Å². The van der Waals surface area contributed by atoms with Gasteiger partial charge in [0, 0.05) is 13.1 Å². The minimum Gasteiger partial charge on any atom is -0.459 e. The van der Waals surface area contributed by atoms with Crippen LogP contribution in [0.15, 0.2) is 22.8 Å². The summed E-state index contributed by atoms with van der Waals surface area (Å²) in [5.74, 6) is 0.198. The van der Waals surface area contributed by atoms with Gasteiger partial charge in [0.15, 0.2) is 5.76 Å². The number of hydrogen-bond acceptors (Lipinski definition) is 2. The fourth-order valence-corrected chi connectivity index (χ4v) is 1.61. The van der Waals surface area contributed by atoms with Crippen LogP contribution in [0.4, 0.5) is 4.39 Å². The van der Waals surface area contributed by atoms with Crippen molar-refractivity contribution in [3.63, 3.8) is 0 Å². The molecule has 0 N–H and O–H groups in total. The fraction of sp³-hybridized carbons (Fsp3) is 0.500. The van der Waals surface area contributed by atoms with E-state index >= 15 is 0 Å². The summed E-state index contributed by atoms with van der Waals surface area (Å²) < 4.78 is 17.8. The summed E-state index contributed by atoms with van der Waals surface area (Å²) in [6.07, 6.45) is 1.59. The summed E-state index contributed by atoms with van der Waals surface area (Å²) in [6, 6.07) is 3.30. The van der Waals surface area contributed by atoms with E-state index in [-0.39, 0.29) is 5.91 Å². The van der Waals surface area contributed by atoms with Crippen LogP contribution in [0.2, 0.25) is 0 Å². The van der Waals surface area contributed by atoms with Gasteiger partial charge in [-0.25, -0.2) is 4.39 Å². The molecule has 1 amide bonds. The van der Waals surface area contributed by atoms with Crippen molar-refractivity contribution in [3.8, 4) is 0 Å². The zero-order chi connectivity index (χ0) is 9.97. The molecule has 0 spiro atoms. The van der Waals surface area contributed by atoms with Gasteiger partial charge in [0.25, 0.3) is 5.91 Å². The maximum absolute atomic E-state index is 12.8. The lowest BCUT2D eigenvalue weighted by Gasteiger charge is -2.27. The monoisotopic (exact) mass is 197 g/mol. The average molecular weight is 197 g/mol. The number of piperidine rings is 1. The van der Waals surface area contributed by atoms with E-state index in [4.69, 9.17) is 4.42 Å². The zero-order valence-corrected chi connectivity index (χ0v) is 7.78. The van der Waals surface area contributed by atoms with Gasteiger partial charge >= 0.3 is 0 Å². The molecule has 14 heavy (non-hydrogen) atoms. The highest BCUT2D eigenvalue weighted by Crippen LogP contribution is 2.15. The zero-order valence-electron chi connectivity index (χ0n) is 7.78. The Morgan fingerprint density at radius 1 is 1.50 bits per heavy atom. The van der Waals surface area contributed by atoms with Crippen LogP contribution in [0.3, 0.4) is 0 Å². The first-order valence-electron chi connectivity index (χ1n) is 4.74. The number of amides is 1. The second-order valence-corrected chi connectivity index (χ2v) is 3.44. The van der Waals surface area contributed by atoms with Gasteiger partial charge in [0.2, 0.25) is 0 Å². The van der Waals surface area contributed by atoms with Gasteiger partial charge in [0.1, 0.15) is 6.17 Å². The molecule has 0 aromatic carbocycles. The molecule has 2 rings (SSSR count). The summed E-state index contributed by atoms with van der Waals surface area (Å²) in [6.45, 7) is 0.974. The highest BCUT2D eigenvalue weighted by atomic mass is 19.1. The maximum Gasteiger partial charge on any atom is 0.289 e. The number of hydrogen-bond donors (Lipinski definition) is 0. The normalized spacial score (nSPS) is 18.5. The molecule has 1 saturated heterocycles. The number of likely N-dealkylation sites (tertiary alicyclic amines) is 1. The molecule has 2 heterocycles. The Hall–Kier alpha value is -1.32. The van der Waals surface area contributed by atoms with E-state index in [1.165, 1.54) is 6.26 Å². The Labute approximate surface area is 81.5 Å². The number of rotatable bonds is 1. The minimum absolute atomic E-state index is 0.137. The Morgan fingerprint density at radius 2 is 2.21 bits per heavy atom. The van der Waals surface area contributed by atoms with Crippen LogP contribution in [-0.2, 0) is 0 Å². The van der Waals surface area contributed by atoms with Gasteiger partial charge in [-0.05, 0) is 25.0 Å². The third kappa shape index (κ3) is 1.78. The summed E-state index contributed by atoms with van der Waals surface area (Å²) in [5, 5.41) is 0. The van der Waals surface area contributed by atoms with E-state index in [0.29, 0.717) is 31.7 Å². The highest BCUT2D eigenvalue weighted by molar-refractivity contribution is 5.91. The number of nitrogens with zero attached hydrogens (tertiary/aromatic N) is 1. The van der Waals surface area contributed by atoms with Crippen molar-refractivity contribution in [1.29, 1.82) is 0 Å². The first-order valence-corrected chi connectivity index (χ1v) is 4.74. The number of alkyl halides is 1. The molecular formula is C10H12FNO2. The van der Waals surface area contributed by atoms with Crippen LogP contribution in [0.25, 0.3) is 0 Å². The molecule has 76 valence electrons. The van der Waals surface area contributed by atoms with E-state index in [1.54, 1.807) is 17.0 Å². The van der Waals surface area contributed by atoms with Crippen LogP contribution in [0.5, 0.6) is 0 Å².